The molecule has 84 valence electrons. The molecule has 0 saturated heterocycles. The van der Waals surface area contributed by atoms with Crippen LogP contribution in [-0.4, -0.2) is 12.6 Å². The zero-order valence-electron chi connectivity index (χ0n) is 9.21. The lowest BCUT2D eigenvalue weighted by molar-refractivity contribution is 0.0526. The number of halogens is 1. The molecular weight excluding hydrogens is 226 g/mol. The van der Waals surface area contributed by atoms with Crippen LogP contribution in [-0.2, 0) is 10.6 Å². The second-order valence-electron chi connectivity index (χ2n) is 3.24. The highest BCUT2D eigenvalue weighted by atomic mass is 35.5. The Kier molecular flexibility index (Phi) is 4.33. The molecule has 1 aromatic rings. The van der Waals surface area contributed by atoms with E-state index in [1.165, 1.54) is 0 Å². The van der Waals surface area contributed by atoms with Gasteiger partial charge in [-0.15, -0.1) is 11.6 Å². The minimum Gasteiger partial charge on any atom is -0.462 e. The number of rotatable bonds is 3. The predicted octanol–water partition coefficient (Wildman–Crippen LogP) is 2.78. The van der Waals surface area contributed by atoms with E-state index in [0.717, 1.165) is 11.1 Å². The van der Waals surface area contributed by atoms with E-state index in [0.29, 0.717) is 23.6 Å². The van der Waals surface area contributed by atoms with Gasteiger partial charge in [-0.3, -0.25) is 0 Å². The Bertz CT molecular complexity index is 449. The Morgan fingerprint density at radius 3 is 2.75 bits per heavy atom. The summed E-state index contributed by atoms with van der Waals surface area (Å²) in [5.74, 6) is -0.146. The quantitative estimate of drug-likeness (QED) is 0.600. The van der Waals surface area contributed by atoms with Gasteiger partial charge in [-0.2, -0.15) is 5.26 Å². The fourth-order valence-electron chi connectivity index (χ4n) is 1.42. The third-order valence-electron chi connectivity index (χ3n) is 2.33. The molecular formula is C12H12ClNO2. The first kappa shape index (κ1) is 12.5. The molecule has 0 spiro atoms. The molecule has 0 aliphatic carbocycles. The fraction of sp³-hybridized carbons (Fsp3) is 0.333. The van der Waals surface area contributed by atoms with Crippen molar-refractivity contribution in [2.24, 2.45) is 0 Å². The second kappa shape index (κ2) is 5.53. The van der Waals surface area contributed by atoms with Gasteiger partial charge in [-0.25, -0.2) is 4.79 Å². The Labute approximate surface area is 99.6 Å². The van der Waals surface area contributed by atoms with E-state index < -0.39 is 5.97 Å². The summed E-state index contributed by atoms with van der Waals surface area (Å²) in [4.78, 5) is 11.6. The van der Waals surface area contributed by atoms with Crippen molar-refractivity contribution in [1.82, 2.24) is 0 Å². The number of carbonyl (C=O) groups excluding carboxylic acids is 1. The van der Waals surface area contributed by atoms with Gasteiger partial charge in [0.25, 0.3) is 0 Å². The summed E-state index contributed by atoms with van der Waals surface area (Å²) in [5, 5.41) is 9.04. The van der Waals surface area contributed by atoms with Crippen LogP contribution in [0.1, 0.15) is 34.0 Å². The van der Waals surface area contributed by atoms with E-state index >= 15 is 0 Å². The largest absolute Gasteiger partial charge is 0.462 e. The molecule has 0 N–H and O–H groups in total. The summed E-state index contributed by atoms with van der Waals surface area (Å²) >= 11 is 5.73. The van der Waals surface area contributed by atoms with Gasteiger partial charge in [0.15, 0.2) is 0 Å². The van der Waals surface area contributed by atoms with E-state index in [4.69, 9.17) is 21.6 Å². The summed E-state index contributed by atoms with van der Waals surface area (Å²) in [5.41, 5.74) is 2.24. The number of ether oxygens (including phenoxy) is 1. The number of hydrogen-bond donors (Lipinski definition) is 0. The van der Waals surface area contributed by atoms with Gasteiger partial charge in [0.05, 0.1) is 17.7 Å². The van der Waals surface area contributed by atoms with Crippen LogP contribution in [0.3, 0.4) is 0 Å². The van der Waals surface area contributed by atoms with Gasteiger partial charge in [-0.05, 0) is 31.0 Å². The van der Waals surface area contributed by atoms with Crippen molar-refractivity contribution in [3.8, 4) is 6.07 Å². The molecule has 0 aliphatic rings. The molecule has 0 saturated carbocycles. The van der Waals surface area contributed by atoms with Crippen LogP contribution in [0.2, 0.25) is 0 Å². The highest BCUT2D eigenvalue weighted by molar-refractivity contribution is 6.17. The van der Waals surface area contributed by atoms with Gasteiger partial charge in [0.1, 0.15) is 6.07 Å². The average Bonchev–Trinajstić information content (AvgIpc) is 2.28. The van der Waals surface area contributed by atoms with E-state index in [2.05, 4.69) is 0 Å². The summed E-state index contributed by atoms with van der Waals surface area (Å²) in [6.45, 7) is 3.79. The van der Waals surface area contributed by atoms with Gasteiger partial charge < -0.3 is 4.74 Å². The van der Waals surface area contributed by atoms with Crippen molar-refractivity contribution in [3.63, 3.8) is 0 Å². The Morgan fingerprint density at radius 1 is 1.56 bits per heavy atom. The fourth-order valence-corrected chi connectivity index (χ4v) is 1.71. The van der Waals surface area contributed by atoms with Crippen LogP contribution in [0, 0.1) is 18.3 Å². The first-order chi connectivity index (χ1) is 7.65. The molecule has 0 heterocycles. The molecule has 4 heteroatoms. The van der Waals surface area contributed by atoms with Crippen molar-refractivity contribution in [2.75, 3.05) is 6.61 Å². The predicted molar refractivity (Wildman–Crippen MR) is 61.4 cm³/mol. The Hall–Kier alpha value is -1.53. The molecule has 1 rings (SSSR count). The van der Waals surface area contributed by atoms with Crippen molar-refractivity contribution >= 4 is 17.6 Å². The van der Waals surface area contributed by atoms with Crippen LogP contribution in [0.4, 0.5) is 0 Å². The van der Waals surface area contributed by atoms with Crippen LogP contribution in [0.5, 0.6) is 0 Å². The molecule has 16 heavy (non-hydrogen) atoms. The number of carbonyl (C=O) groups is 1. The highest BCUT2D eigenvalue weighted by Crippen LogP contribution is 2.20. The SMILES string of the molecule is CCOC(=O)c1ccc(CCl)c(C)c1C#N. The number of nitrogens with zero attached hydrogens (tertiary/aromatic N) is 1. The normalized spacial score (nSPS) is 9.62. The van der Waals surface area contributed by atoms with Gasteiger partial charge in [-0.1, -0.05) is 6.07 Å². The lowest BCUT2D eigenvalue weighted by Crippen LogP contribution is -2.08. The van der Waals surface area contributed by atoms with Crippen LogP contribution in [0.25, 0.3) is 0 Å². The number of benzene rings is 1. The first-order valence-electron chi connectivity index (χ1n) is 4.91. The third-order valence-corrected chi connectivity index (χ3v) is 2.62. The van der Waals surface area contributed by atoms with Gasteiger partial charge in [0.2, 0.25) is 0 Å². The minimum atomic E-state index is -0.469. The summed E-state index contributed by atoms with van der Waals surface area (Å²) in [6.07, 6.45) is 0. The average molecular weight is 238 g/mol. The van der Waals surface area contributed by atoms with Crippen LogP contribution < -0.4 is 0 Å². The van der Waals surface area contributed by atoms with Crippen molar-refractivity contribution in [1.29, 1.82) is 5.26 Å². The Morgan fingerprint density at radius 2 is 2.25 bits per heavy atom. The maximum Gasteiger partial charge on any atom is 0.339 e. The van der Waals surface area contributed by atoms with Crippen molar-refractivity contribution in [2.45, 2.75) is 19.7 Å². The van der Waals surface area contributed by atoms with Crippen molar-refractivity contribution < 1.29 is 9.53 Å². The van der Waals surface area contributed by atoms with E-state index in [1.807, 2.05) is 6.07 Å². The molecule has 0 aliphatic heterocycles. The summed E-state index contributed by atoms with van der Waals surface area (Å²) in [6, 6.07) is 5.35. The van der Waals surface area contributed by atoms with Crippen molar-refractivity contribution in [3.05, 3.63) is 34.4 Å². The molecule has 3 nitrogen and oxygen atoms in total. The first-order valence-corrected chi connectivity index (χ1v) is 5.44. The number of esters is 1. The molecule has 0 amide bonds. The maximum absolute atomic E-state index is 11.6. The minimum absolute atomic E-state index is 0.292. The summed E-state index contributed by atoms with van der Waals surface area (Å²) < 4.78 is 4.88. The zero-order chi connectivity index (χ0) is 12.1. The number of hydrogen-bond acceptors (Lipinski definition) is 3. The monoisotopic (exact) mass is 237 g/mol. The smallest absolute Gasteiger partial charge is 0.339 e. The van der Waals surface area contributed by atoms with Gasteiger partial charge in [0, 0.05) is 5.88 Å². The molecule has 0 atom stereocenters. The lowest BCUT2D eigenvalue weighted by Gasteiger charge is -2.09. The molecule has 0 bridgehead atoms. The topological polar surface area (TPSA) is 50.1 Å². The molecule has 0 unspecified atom stereocenters. The van der Waals surface area contributed by atoms with E-state index in [-0.39, 0.29) is 0 Å². The molecule has 0 radical (unpaired) electrons. The highest BCUT2D eigenvalue weighted by Gasteiger charge is 2.16. The van der Waals surface area contributed by atoms with Crippen LogP contribution >= 0.6 is 11.6 Å². The maximum atomic E-state index is 11.6. The van der Waals surface area contributed by atoms with Crippen LogP contribution in [0.15, 0.2) is 12.1 Å². The third kappa shape index (κ3) is 2.34. The van der Waals surface area contributed by atoms with E-state index in [1.54, 1.807) is 26.0 Å². The molecule has 1 aromatic carbocycles. The standard InChI is InChI=1S/C12H12ClNO2/c1-3-16-12(15)10-5-4-9(6-13)8(2)11(10)7-14/h4-5H,3,6H2,1-2H3. The van der Waals surface area contributed by atoms with Gasteiger partial charge >= 0.3 is 5.97 Å². The summed E-state index contributed by atoms with van der Waals surface area (Å²) in [7, 11) is 0. The lowest BCUT2D eigenvalue weighted by atomic mass is 9.98. The molecule has 0 fully saturated rings. The number of nitriles is 1. The van der Waals surface area contributed by atoms with E-state index in [9.17, 15) is 4.79 Å². The Balaban J connectivity index is 3.27. The molecule has 0 aromatic heterocycles. The second-order valence-corrected chi connectivity index (χ2v) is 3.51. The zero-order valence-corrected chi connectivity index (χ0v) is 9.97. The number of alkyl halides is 1.